The van der Waals surface area contributed by atoms with E-state index >= 15 is 0 Å². The maximum absolute atomic E-state index is 12.5. The van der Waals surface area contributed by atoms with E-state index in [0.717, 1.165) is 0 Å². The molecule has 114 valence electrons. The van der Waals surface area contributed by atoms with Gasteiger partial charge in [0.25, 0.3) is 11.7 Å². The van der Waals surface area contributed by atoms with Gasteiger partial charge in [-0.2, -0.15) is 8.78 Å². The van der Waals surface area contributed by atoms with Gasteiger partial charge in [-0.3, -0.25) is 9.59 Å². The highest BCUT2D eigenvalue weighted by Gasteiger charge is 2.34. The summed E-state index contributed by atoms with van der Waals surface area (Å²) in [5, 5.41) is 2.62. The molecule has 0 bridgehead atoms. The molecule has 0 radical (unpaired) electrons. The van der Waals surface area contributed by atoms with Gasteiger partial charge in [-0.25, -0.2) is 0 Å². The predicted octanol–water partition coefficient (Wildman–Crippen LogP) is 1.23. The molecule has 2 rings (SSSR count). The fourth-order valence-electron chi connectivity index (χ4n) is 2.08. The molecule has 0 saturated carbocycles. The Hall–Kier alpha value is -1.67. The van der Waals surface area contributed by atoms with E-state index in [9.17, 15) is 18.4 Å². The Kier molecular flexibility index (Phi) is 5.13. The molecule has 0 aromatic heterocycles. The normalized spacial score (nSPS) is 21.5. The van der Waals surface area contributed by atoms with Crippen LogP contribution in [0.2, 0.25) is 0 Å². The Morgan fingerprint density at radius 3 is 2.71 bits per heavy atom. The Morgan fingerprint density at radius 2 is 2.05 bits per heavy atom. The van der Waals surface area contributed by atoms with Crippen molar-refractivity contribution < 1.29 is 23.1 Å². The SMILES string of the molecule is NC(=O)[C@@H]1COC[C@@H]1NC(=O)c1ccccc1SC(F)F. The number of ether oxygens (including phenoxy) is 1. The zero-order valence-electron chi connectivity index (χ0n) is 10.9. The van der Waals surface area contributed by atoms with Crippen LogP contribution in [0.4, 0.5) is 8.78 Å². The summed E-state index contributed by atoms with van der Waals surface area (Å²) in [6.45, 7) is 0.317. The van der Waals surface area contributed by atoms with Gasteiger partial charge in [0.15, 0.2) is 0 Å². The van der Waals surface area contributed by atoms with E-state index in [1.807, 2.05) is 0 Å². The van der Waals surface area contributed by atoms with E-state index in [-0.39, 0.29) is 23.7 Å². The molecular formula is C13H14F2N2O3S. The van der Waals surface area contributed by atoms with Gasteiger partial charge < -0.3 is 15.8 Å². The molecule has 1 aliphatic rings. The summed E-state index contributed by atoms with van der Waals surface area (Å²) in [6, 6.07) is 5.52. The number of thioether (sulfide) groups is 1. The number of primary amides is 1. The summed E-state index contributed by atoms with van der Waals surface area (Å²) in [6.07, 6.45) is 0. The minimum Gasteiger partial charge on any atom is -0.378 e. The minimum absolute atomic E-state index is 0.137. The molecule has 21 heavy (non-hydrogen) atoms. The average molecular weight is 316 g/mol. The molecule has 1 saturated heterocycles. The summed E-state index contributed by atoms with van der Waals surface area (Å²) < 4.78 is 30.1. The topological polar surface area (TPSA) is 81.4 Å². The highest BCUT2D eigenvalue weighted by Crippen LogP contribution is 2.28. The predicted molar refractivity (Wildman–Crippen MR) is 73.1 cm³/mol. The third-order valence-corrected chi connectivity index (χ3v) is 3.90. The Bertz CT molecular complexity index is 542. The number of alkyl halides is 2. The average Bonchev–Trinajstić information content (AvgIpc) is 2.86. The lowest BCUT2D eigenvalue weighted by atomic mass is 10.0. The van der Waals surface area contributed by atoms with Crippen molar-refractivity contribution in [1.29, 1.82) is 0 Å². The summed E-state index contributed by atoms with van der Waals surface area (Å²) in [5.74, 6) is -4.32. The number of rotatable bonds is 5. The van der Waals surface area contributed by atoms with Crippen LogP contribution in [0, 0.1) is 5.92 Å². The van der Waals surface area contributed by atoms with Gasteiger partial charge in [-0.05, 0) is 12.1 Å². The van der Waals surface area contributed by atoms with Crippen molar-refractivity contribution >= 4 is 23.6 Å². The second-order valence-electron chi connectivity index (χ2n) is 4.50. The summed E-state index contributed by atoms with van der Waals surface area (Å²) in [7, 11) is 0. The van der Waals surface area contributed by atoms with Crippen LogP contribution in [0.1, 0.15) is 10.4 Å². The molecule has 0 aliphatic carbocycles. The maximum Gasteiger partial charge on any atom is 0.288 e. The number of hydrogen-bond acceptors (Lipinski definition) is 4. The molecule has 1 aliphatic heterocycles. The monoisotopic (exact) mass is 316 g/mol. The van der Waals surface area contributed by atoms with Crippen LogP contribution in [0.15, 0.2) is 29.2 Å². The molecule has 5 nitrogen and oxygen atoms in total. The van der Waals surface area contributed by atoms with E-state index in [1.54, 1.807) is 12.1 Å². The molecule has 1 aromatic rings. The molecule has 2 amide bonds. The molecule has 3 N–H and O–H groups in total. The number of carbonyl (C=O) groups is 2. The van der Waals surface area contributed by atoms with Crippen LogP contribution in [-0.4, -0.2) is 36.8 Å². The Morgan fingerprint density at radius 1 is 1.33 bits per heavy atom. The molecular weight excluding hydrogens is 302 g/mol. The zero-order valence-corrected chi connectivity index (χ0v) is 11.7. The smallest absolute Gasteiger partial charge is 0.288 e. The van der Waals surface area contributed by atoms with Crippen LogP contribution in [0.5, 0.6) is 0 Å². The first-order valence-corrected chi connectivity index (χ1v) is 7.08. The van der Waals surface area contributed by atoms with E-state index < -0.39 is 29.5 Å². The minimum atomic E-state index is -2.62. The second-order valence-corrected chi connectivity index (χ2v) is 5.53. The van der Waals surface area contributed by atoms with Gasteiger partial charge in [0.05, 0.1) is 30.7 Å². The van der Waals surface area contributed by atoms with Crippen molar-refractivity contribution in [3.63, 3.8) is 0 Å². The molecule has 2 atom stereocenters. The van der Waals surface area contributed by atoms with Crippen molar-refractivity contribution in [1.82, 2.24) is 5.32 Å². The van der Waals surface area contributed by atoms with Crippen LogP contribution >= 0.6 is 11.8 Å². The molecule has 1 aromatic carbocycles. The fourth-order valence-corrected chi connectivity index (χ4v) is 2.71. The van der Waals surface area contributed by atoms with Gasteiger partial charge in [0.2, 0.25) is 5.91 Å². The first kappa shape index (κ1) is 15.7. The first-order valence-electron chi connectivity index (χ1n) is 6.21. The number of hydrogen-bond donors (Lipinski definition) is 2. The van der Waals surface area contributed by atoms with Gasteiger partial charge in [-0.15, -0.1) is 0 Å². The number of carbonyl (C=O) groups excluding carboxylic acids is 2. The first-order chi connectivity index (χ1) is 9.99. The number of benzene rings is 1. The molecule has 1 fully saturated rings. The third-order valence-electron chi connectivity index (χ3n) is 3.11. The third kappa shape index (κ3) is 3.92. The van der Waals surface area contributed by atoms with Crippen molar-refractivity contribution in [3.05, 3.63) is 29.8 Å². The summed E-state index contributed by atoms with van der Waals surface area (Å²) in [5.41, 5.74) is 5.36. The lowest BCUT2D eigenvalue weighted by Gasteiger charge is -2.17. The van der Waals surface area contributed by atoms with Crippen LogP contribution in [0.25, 0.3) is 0 Å². The summed E-state index contributed by atoms with van der Waals surface area (Å²) >= 11 is 0.301. The maximum atomic E-state index is 12.5. The second kappa shape index (κ2) is 6.86. The van der Waals surface area contributed by atoms with Crippen molar-refractivity contribution in [3.8, 4) is 0 Å². The lowest BCUT2D eigenvalue weighted by molar-refractivity contribution is -0.122. The standard InChI is InChI=1S/C13H14F2N2O3S/c14-13(15)21-10-4-2-1-3-7(10)12(19)17-9-6-20-5-8(9)11(16)18/h1-4,8-9,13H,5-6H2,(H2,16,18)(H,17,19)/t8-,9+/m1/s1. The van der Waals surface area contributed by atoms with Gasteiger partial charge in [0.1, 0.15) is 0 Å². The summed E-state index contributed by atoms with van der Waals surface area (Å²) in [4.78, 5) is 23.6. The highest BCUT2D eigenvalue weighted by molar-refractivity contribution is 7.99. The largest absolute Gasteiger partial charge is 0.378 e. The van der Waals surface area contributed by atoms with Crippen molar-refractivity contribution in [2.45, 2.75) is 16.7 Å². The van der Waals surface area contributed by atoms with Crippen molar-refractivity contribution in [2.75, 3.05) is 13.2 Å². The highest BCUT2D eigenvalue weighted by atomic mass is 32.2. The van der Waals surface area contributed by atoms with Crippen LogP contribution < -0.4 is 11.1 Å². The van der Waals surface area contributed by atoms with E-state index in [2.05, 4.69) is 5.32 Å². The Balaban J connectivity index is 2.12. The fraction of sp³-hybridized carbons (Fsp3) is 0.385. The van der Waals surface area contributed by atoms with E-state index in [4.69, 9.17) is 10.5 Å². The number of nitrogens with one attached hydrogen (secondary N) is 1. The van der Waals surface area contributed by atoms with Gasteiger partial charge in [-0.1, -0.05) is 23.9 Å². The van der Waals surface area contributed by atoms with E-state index in [1.165, 1.54) is 12.1 Å². The van der Waals surface area contributed by atoms with Gasteiger partial charge in [0, 0.05) is 4.90 Å². The number of amides is 2. The number of halogens is 2. The van der Waals surface area contributed by atoms with Crippen LogP contribution in [0.3, 0.4) is 0 Å². The number of nitrogens with two attached hydrogens (primary N) is 1. The van der Waals surface area contributed by atoms with Crippen LogP contribution in [-0.2, 0) is 9.53 Å². The molecule has 0 spiro atoms. The Labute approximate surface area is 124 Å². The zero-order chi connectivity index (χ0) is 15.4. The quantitative estimate of drug-likeness (QED) is 0.801. The lowest BCUT2D eigenvalue weighted by Crippen LogP contribution is -2.44. The molecule has 0 unspecified atom stereocenters. The van der Waals surface area contributed by atoms with E-state index in [0.29, 0.717) is 11.8 Å². The molecule has 8 heteroatoms. The van der Waals surface area contributed by atoms with Gasteiger partial charge >= 0.3 is 0 Å². The van der Waals surface area contributed by atoms with Crippen molar-refractivity contribution in [2.24, 2.45) is 11.7 Å². The molecule has 1 heterocycles.